The summed E-state index contributed by atoms with van der Waals surface area (Å²) < 4.78 is 0. The Hall–Kier alpha value is -1.76. The number of halogens is 2. The van der Waals surface area contributed by atoms with Gasteiger partial charge in [-0.2, -0.15) is 0 Å². The van der Waals surface area contributed by atoms with Crippen molar-refractivity contribution in [2.24, 2.45) is 0 Å². The zero-order valence-electron chi connectivity index (χ0n) is 10.6. The molecule has 0 saturated heterocycles. The lowest BCUT2D eigenvalue weighted by Gasteiger charge is -2.07. The average Bonchev–Trinajstić information content (AvgIpc) is 2.48. The van der Waals surface area contributed by atoms with Crippen molar-refractivity contribution in [2.75, 3.05) is 0 Å². The molecule has 0 spiro atoms. The molecule has 0 heterocycles. The minimum Gasteiger partial charge on any atom is -0.0843 e. The Balaban J connectivity index is 1.97. The summed E-state index contributed by atoms with van der Waals surface area (Å²) in [6, 6.07) is 24.8. The van der Waals surface area contributed by atoms with Gasteiger partial charge in [0.25, 0.3) is 0 Å². The van der Waals surface area contributed by atoms with E-state index >= 15 is 0 Å². The molecular weight excluding hydrogens is 287 g/mol. The third-order valence-corrected chi connectivity index (χ3v) is 3.73. The molecule has 0 saturated carbocycles. The van der Waals surface area contributed by atoms with E-state index in [9.17, 15) is 0 Å². The Bertz CT molecular complexity index is 716. The van der Waals surface area contributed by atoms with Crippen molar-refractivity contribution in [3.63, 3.8) is 0 Å². The van der Waals surface area contributed by atoms with Crippen LogP contribution in [0.4, 0.5) is 0 Å². The summed E-state index contributed by atoms with van der Waals surface area (Å²) in [4.78, 5) is 0. The van der Waals surface area contributed by atoms with Crippen molar-refractivity contribution < 1.29 is 0 Å². The maximum Gasteiger partial charge on any atom is 0.0499 e. The van der Waals surface area contributed by atoms with E-state index in [4.69, 9.17) is 23.2 Å². The van der Waals surface area contributed by atoms with Gasteiger partial charge in [0.15, 0.2) is 0 Å². The lowest BCUT2D eigenvalue weighted by atomic mass is 10.0. The second kappa shape index (κ2) is 5.70. The highest BCUT2D eigenvalue weighted by Gasteiger charge is 2.04. The fourth-order valence-electron chi connectivity index (χ4n) is 2.15. The zero-order valence-corrected chi connectivity index (χ0v) is 12.1. The predicted molar refractivity (Wildman–Crippen MR) is 86.2 cm³/mol. The molecule has 97 valence electrons. The van der Waals surface area contributed by atoms with Crippen LogP contribution in [0.1, 0.15) is 0 Å². The maximum absolute atomic E-state index is 6.23. The van der Waals surface area contributed by atoms with E-state index in [0.29, 0.717) is 10.0 Å². The predicted octanol–water partition coefficient (Wildman–Crippen LogP) is 6.13. The molecule has 20 heavy (non-hydrogen) atoms. The van der Waals surface area contributed by atoms with E-state index in [0.717, 1.165) is 11.1 Å². The van der Waals surface area contributed by atoms with Crippen LogP contribution in [-0.4, -0.2) is 0 Å². The molecule has 0 aromatic heterocycles. The lowest BCUT2D eigenvalue weighted by molar-refractivity contribution is 1.58. The summed E-state index contributed by atoms with van der Waals surface area (Å²) in [5.41, 5.74) is 4.42. The number of benzene rings is 3. The first-order valence-electron chi connectivity index (χ1n) is 6.26. The third kappa shape index (κ3) is 2.72. The first-order chi connectivity index (χ1) is 9.74. The smallest absolute Gasteiger partial charge is 0.0499 e. The van der Waals surface area contributed by atoms with E-state index in [1.54, 1.807) is 6.07 Å². The molecule has 0 aliphatic heterocycles. The van der Waals surface area contributed by atoms with Crippen molar-refractivity contribution >= 4 is 23.2 Å². The molecule has 3 rings (SSSR count). The van der Waals surface area contributed by atoms with Crippen molar-refractivity contribution in [3.8, 4) is 22.3 Å². The van der Waals surface area contributed by atoms with Crippen molar-refractivity contribution in [1.29, 1.82) is 0 Å². The maximum atomic E-state index is 6.23. The first kappa shape index (κ1) is 13.2. The Morgan fingerprint density at radius 3 is 1.90 bits per heavy atom. The van der Waals surface area contributed by atoms with E-state index in [1.165, 1.54) is 11.1 Å². The second-order valence-corrected chi connectivity index (χ2v) is 5.33. The molecule has 2 heteroatoms. The van der Waals surface area contributed by atoms with Gasteiger partial charge in [-0.25, -0.2) is 0 Å². The molecule has 1 radical (unpaired) electrons. The molecule has 3 aromatic rings. The van der Waals surface area contributed by atoms with Gasteiger partial charge in [-0.05, 0) is 34.9 Å². The summed E-state index contributed by atoms with van der Waals surface area (Å²) in [7, 11) is 0. The highest BCUT2D eigenvalue weighted by Crippen LogP contribution is 2.31. The molecular formula is C18H11Cl2. The SMILES string of the molecule is Clc1ccc(-c2ccc(-c3cc[c]cc3)cc2)c(Cl)c1. The monoisotopic (exact) mass is 297 g/mol. The van der Waals surface area contributed by atoms with Crippen LogP contribution in [0.2, 0.25) is 10.0 Å². The molecule has 0 unspecified atom stereocenters. The van der Waals surface area contributed by atoms with Gasteiger partial charge in [-0.1, -0.05) is 77.8 Å². The minimum absolute atomic E-state index is 0.649. The number of hydrogen-bond donors (Lipinski definition) is 0. The summed E-state index contributed by atoms with van der Waals surface area (Å²) in [5.74, 6) is 0. The summed E-state index contributed by atoms with van der Waals surface area (Å²) in [5, 5.41) is 1.32. The molecule has 0 N–H and O–H groups in total. The van der Waals surface area contributed by atoms with Gasteiger partial charge in [0.1, 0.15) is 0 Å². The third-order valence-electron chi connectivity index (χ3n) is 3.18. The van der Waals surface area contributed by atoms with E-state index in [-0.39, 0.29) is 0 Å². The minimum atomic E-state index is 0.649. The Morgan fingerprint density at radius 2 is 1.25 bits per heavy atom. The Labute approximate surface area is 128 Å². The first-order valence-corrected chi connectivity index (χ1v) is 7.01. The zero-order chi connectivity index (χ0) is 13.9. The van der Waals surface area contributed by atoms with Crippen LogP contribution < -0.4 is 0 Å². The quantitative estimate of drug-likeness (QED) is 0.534. The van der Waals surface area contributed by atoms with Crippen molar-refractivity contribution in [2.45, 2.75) is 0 Å². The molecule has 0 bridgehead atoms. The molecule has 0 fully saturated rings. The molecule has 0 atom stereocenters. The topological polar surface area (TPSA) is 0 Å². The van der Waals surface area contributed by atoms with E-state index in [1.807, 2.05) is 36.4 Å². The van der Waals surface area contributed by atoms with Gasteiger partial charge >= 0.3 is 0 Å². The van der Waals surface area contributed by atoms with Gasteiger partial charge in [0, 0.05) is 15.6 Å². The van der Waals surface area contributed by atoms with Gasteiger partial charge < -0.3 is 0 Å². The van der Waals surface area contributed by atoms with Crippen molar-refractivity contribution in [3.05, 3.63) is 82.8 Å². The van der Waals surface area contributed by atoms with Crippen LogP contribution in [-0.2, 0) is 0 Å². The number of rotatable bonds is 2. The van der Waals surface area contributed by atoms with Gasteiger partial charge in [-0.15, -0.1) is 0 Å². The molecule has 3 aromatic carbocycles. The lowest BCUT2D eigenvalue weighted by Crippen LogP contribution is -1.81. The Morgan fingerprint density at radius 1 is 0.650 bits per heavy atom. The molecule has 0 amide bonds. The van der Waals surface area contributed by atoms with Crippen LogP contribution in [0, 0.1) is 6.07 Å². The van der Waals surface area contributed by atoms with Crippen molar-refractivity contribution in [1.82, 2.24) is 0 Å². The highest BCUT2D eigenvalue weighted by atomic mass is 35.5. The fourth-order valence-corrected chi connectivity index (χ4v) is 2.66. The largest absolute Gasteiger partial charge is 0.0843 e. The number of hydrogen-bond acceptors (Lipinski definition) is 0. The fraction of sp³-hybridized carbons (Fsp3) is 0. The van der Waals surface area contributed by atoms with Crippen LogP contribution >= 0.6 is 23.2 Å². The Kier molecular flexibility index (Phi) is 3.77. The van der Waals surface area contributed by atoms with Crippen LogP contribution in [0.5, 0.6) is 0 Å². The standard InChI is InChI=1S/C18H11Cl2/c19-16-10-11-17(18(20)12-16)15-8-6-14(7-9-15)13-4-2-1-3-5-13/h2-12H. The molecule has 0 aliphatic rings. The van der Waals surface area contributed by atoms with E-state index < -0.39 is 0 Å². The highest BCUT2D eigenvalue weighted by molar-refractivity contribution is 6.36. The second-order valence-electron chi connectivity index (χ2n) is 4.49. The summed E-state index contributed by atoms with van der Waals surface area (Å²) >= 11 is 12.2. The van der Waals surface area contributed by atoms with Crippen LogP contribution in [0.15, 0.2) is 66.7 Å². The normalized spacial score (nSPS) is 10.5. The molecule has 0 nitrogen and oxygen atoms in total. The van der Waals surface area contributed by atoms with E-state index in [2.05, 4.69) is 30.3 Å². The van der Waals surface area contributed by atoms with Gasteiger partial charge in [0.05, 0.1) is 0 Å². The van der Waals surface area contributed by atoms with Gasteiger partial charge in [-0.3, -0.25) is 0 Å². The summed E-state index contributed by atoms with van der Waals surface area (Å²) in [6.07, 6.45) is 0. The van der Waals surface area contributed by atoms with Gasteiger partial charge in [0.2, 0.25) is 0 Å². The average molecular weight is 298 g/mol. The molecule has 0 aliphatic carbocycles. The van der Waals surface area contributed by atoms with Crippen LogP contribution in [0.3, 0.4) is 0 Å². The summed E-state index contributed by atoms with van der Waals surface area (Å²) in [6.45, 7) is 0. The van der Waals surface area contributed by atoms with Crippen LogP contribution in [0.25, 0.3) is 22.3 Å².